The number of pyridine rings is 1. The Hall–Kier alpha value is -4.99. The van der Waals surface area contributed by atoms with Gasteiger partial charge in [-0.2, -0.15) is 5.10 Å². The SMILES string of the molecule is CC(C)(C)C.O=C(Nc1cccc(Oc2ccnc3ncc(=O)[nH]c23)c1)Nc1ccnn1-c1ccccc1. The van der Waals surface area contributed by atoms with Crippen molar-refractivity contribution in [3.8, 4) is 17.2 Å². The predicted octanol–water partition coefficient (Wildman–Crippen LogP) is 5.99. The zero-order chi connectivity index (χ0) is 27.1. The molecule has 0 atom stereocenters. The molecule has 10 nitrogen and oxygen atoms in total. The van der Waals surface area contributed by atoms with E-state index in [2.05, 4.69) is 58.4 Å². The number of anilines is 2. The largest absolute Gasteiger partial charge is 0.455 e. The van der Waals surface area contributed by atoms with Gasteiger partial charge in [0.15, 0.2) is 11.4 Å². The molecule has 3 aromatic heterocycles. The van der Waals surface area contributed by atoms with E-state index in [9.17, 15) is 9.59 Å². The second kappa shape index (κ2) is 11.4. The first-order valence-corrected chi connectivity index (χ1v) is 12.0. The number of nitrogens with one attached hydrogen (secondary N) is 3. The summed E-state index contributed by atoms with van der Waals surface area (Å²) in [6.45, 7) is 8.75. The molecular formula is C28H29N7O3. The summed E-state index contributed by atoms with van der Waals surface area (Å²) in [7, 11) is 0. The van der Waals surface area contributed by atoms with Crippen molar-refractivity contribution in [2.24, 2.45) is 5.41 Å². The van der Waals surface area contributed by atoms with E-state index in [1.165, 1.54) is 6.20 Å². The molecule has 0 radical (unpaired) electrons. The van der Waals surface area contributed by atoms with Crippen LogP contribution in [0, 0.1) is 5.41 Å². The molecule has 0 saturated carbocycles. The normalized spacial score (nSPS) is 10.8. The molecule has 0 aliphatic carbocycles. The van der Waals surface area contributed by atoms with Crippen LogP contribution in [0.25, 0.3) is 16.9 Å². The van der Waals surface area contributed by atoms with Crippen LogP contribution in [0.5, 0.6) is 11.5 Å². The Labute approximate surface area is 219 Å². The van der Waals surface area contributed by atoms with Crippen molar-refractivity contribution in [3.63, 3.8) is 0 Å². The molecule has 3 heterocycles. The topological polar surface area (TPSA) is 127 Å². The lowest BCUT2D eigenvalue weighted by Gasteiger charge is -2.12. The molecule has 0 unspecified atom stereocenters. The quantitative estimate of drug-likeness (QED) is 0.266. The molecule has 3 N–H and O–H groups in total. The van der Waals surface area contributed by atoms with Crippen molar-refractivity contribution in [1.82, 2.24) is 24.7 Å². The Kier molecular flexibility index (Phi) is 7.81. The number of benzene rings is 2. The van der Waals surface area contributed by atoms with Gasteiger partial charge in [0.25, 0.3) is 5.56 Å². The van der Waals surface area contributed by atoms with Gasteiger partial charge in [-0.25, -0.2) is 19.4 Å². The lowest BCUT2D eigenvalue weighted by molar-refractivity contribution is 0.262. The number of nitrogens with zero attached hydrogens (tertiary/aromatic N) is 4. The number of carbonyl (C=O) groups excluding carboxylic acids is 1. The molecule has 38 heavy (non-hydrogen) atoms. The first-order chi connectivity index (χ1) is 18.2. The maximum Gasteiger partial charge on any atom is 0.324 e. The summed E-state index contributed by atoms with van der Waals surface area (Å²) in [5, 5.41) is 9.83. The third kappa shape index (κ3) is 7.26. The molecule has 0 aliphatic rings. The number of carbonyl (C=O) groups is 1. The third-order valence-corrected chi connectivity index (χ3v) is 4.65. The number of fused-ring (bicyclic) bond motifs is 1. The van der Waals surface area contributed by atoms with Gasteiger partial charge in [0.05, 0.1) is 18.1 Å². The van der Waals surface area contributed by atoms with Crippen molar-refractivity contribution in [1.29, 1.82) is 0 Å². The van der Waals surface area contributed by atoms with E-state index in [-0.39, 0.29) is 5.56 Å². The fourth-order valence-electron chi connectivity index (χ4n) is 3.23. The van der Waals surface area contributed by atoms with Crippen LogP contribution in [-0.2, 0) is 0 Å². The van der Waals surface area contributed by atoms with Crippen LogP contribution in [0.1, 0.15) is 27.7 Å². The van der Waals surface area contributed by atoms with Crippen molar-refractivity contribution in [2.45, 2.75) is 27.7 Å². The highest BCUT2D eigenvalue weighted by Gasteiger charge is 2.11. The van der Waals surface area contributed by atoms with Crippen molar-refractivity contribution < 1.29 is 9.53 Å². The molecule has 2 amide bonds. The summed E-state index contributed by atoms with van der Waals surface area (Å²) < 4.78 is 7.54. The number of H-pyrrole nitrogens is 1. The van der Waals surface area contributed by atoms with Gasteiger partial charge in [-0.05, 0) is 29.7 Å². The molecular weight excluding hydrogens is 482 g/mol. The summed E-state index contributed by atoms with van der Waals surface area (Å²) in [5.41, 5.74) is 2.22. The highest BCUT2D eigenvalue weighted by atomic mass is 16.5. The van der Waals surface area contributed by atoms with Gasteiger partial charge in [0.1, 0.15) is 17.1 Å². The first-order valence-electron chi connectivity index (χ1n) is 12.0. The Bertz CT molecular complexity index is 1580. The van der Waals surface area contributed by atoms with Gasteiger partial charge in [0, 0.05) is 30.1 Å². The molecule has 0 spiro atoms. The predicted molar refractivity (Wildman–Crippen MR) is 148 cm³/mol. The molecule has 0 fully saturated rings. The highest BCUT2D eigenvalue weighted by molar-refractivity contribution is 5.99. The summed E-state index contributed by atoms with van der Waals surface area (Å²) in [6.07, 6.45) is 4.30. The number of aromatic nitrogens is 5. The summed E-state index contributed by atoms with van der Waals surface area (Å²) in [6, 6.07) is 19.2. The van der Waals surface area contributed by atoms with E-state index in [1.807, 2.05) is 30.3 Å². The first kappa shape index (κ1) is 26.1. The number of ether oxygens (including phenoxy) is 1. The molecule has 0 bridgehead atoms. The van der Waals surface area contributed by atoms with Crippen molar-refractivity contribution in [3.05, 3.63) is 95.7 Å². The number of amides is 2. The van der Waals surface area contributed by atoms with Gasteiger partial charge in [-0.1, -0.05) is 52.0 Å². The Balaban J connectivity index is 0.000000617. The van der Waals surface area contributed by atoms with E-state index < -0.39 is 6.03 Å². The minimum absolute atomic E-state index is 0.357. The zero-order valence-corrected chi connectivity index (χ0v) is 21.6. The molecule has 5 rings (SSSR count). The van der Waals surface area contributed by atoms with Crippen LogP contribution < -0.4 is 20.9 Å². The number of para-hydroxylation sites is 1. The number of rotatable bonds is 5. The van der Waals surface area contributed by atoms with Gasteiger partial charge in [0.2, 0.25) is 0 Å². The molecule has 0 aliphatic heterocycles. The van der Waals surface area contributed by atoms with E-state index in [0.717, 1.165) is 11.9 Å². The fraction of sp³-hybridized carbons (Fsp3) is 0.179. The highest BCUT2D eigenvalue weighted by Crippen LogP contribution is 2.27. The average molecular weight is 512 g/mol. The zero-order valence-electron chi connectivity index (χ0n) is 21.6. The molecule has 0 saturated heterocycles. The van der Waals surface area contributed by atoms with Crippen molar-refractivity contribution >= 4 is 28.7 Å². The minimum Gasteiger partial charge on any atom is -0.455 e. The fourth-order valence-corrected chi connectivity index (χ4v) is 3.23. The lowest BCUT2D eigenvalue weighted by Crippen LogP contribution is -2.21. The maximum atomic E-state index is 12.6. The molecule has 5 aromatic rings. The van der Waals surface area contributed by atoms with Gasteiger partial charge in [-0.15, -0.1) is 0 Å². The number of aromatic amines is 1. The standard InChI is InChI=1S/C23H17N7O3.C5H12/c31-20-14-25-22-21(29-20)18(9-11-24-22)33-17-8-4-5-15(13-17)27-23(32)28-19-10-12-26-30(19)16-6-2-1-3-7-16;1-5(2,3)4/h1-14H,(H,29,31)(H2,27,28,32);1-4H3. The van der Waals surface area contributed by atoms with Crippen LogP contribution in [0.4, 0.5) is 16.3 Å². The van der Waals surface area contributed by atoms with Crippen LogP contribution in [0.15, 0.2) is 90.1 Å². The maximum absolute atomic E-state index is 12.6. The second-order valence-corrected chi connectivity index (χ2v) is 9.93. The van der Waals surface area contributed by atoms with E-state index in [1.54, 1.807) is 47.3 Å². The van der Waals surface area contributed by atoms with E-state index >= 15 is 0 Å². The molecule has 2 aromatic carbocycles. The van der Waals surface area contributed by atoms with Gasteiger partial charge < -0.3 is 15.0 Å². The number of urea groups is 1. The van der Waals surface area contributed by atoms with Crippen LogP contribution in [-0.4, -0.2) is 30.8 Å². The van der Waals surface area contributed by atoms with Crippen LogP contribution >= 0.6 is 0 Å². The molecule has 194 valence electrons. The smallest absolute Gasteiger partial charge is 0.324 e. The monoisotopic (exact) mass is 511 g/mol. The minimum atomic E-state index is -0.437. The van der Waals surface area contributed by atoms with E-state index in [0.29, 0.717) is 39.6 Å². The second-order valence-electron chi connectivity index (χ2n) is 9.93. The van der Waals surface area contributed by atoms with Crippen LogP contribution in [0.2, 0.25) is 0 Å². The van der Waals surface area contributed by atoms with Gasteiger partial charge >= 0.3 is 6.03 Å². The molecule has 10 heteroatoms. The Morgan fingerprint density at radius 2 is 1.68 bits per heavy atom. The Morgan fingerprint density at radius 1 is 0.921 bits per heavy atom. The summed E-state index contributed by atoms with van der Waals surface area (Å²) in [4.78, 5) is 35.0. The Morgan fingerprint density at radius 3 is 2.45 bits per heavy atom. The third-order valence-electron chi connectivity index (χ3n) is 4.65. The van der Waals surface area contributed by atoms with Crippen LogP contribution in [0.3, 0.4) is 0 Å². The van der Waals surface area contributed by atoms with Gasteiger partial charge in [-0.3, -0.25) is 10.1 Å². The number of hydrogen-bond donors (Lipinski definition) is 3. The lowest BCUT2D eigenvalue weighted by atomic mass is 10.0. The average Bonchev–Trinajstić information content (AvgIpc) is 3.32. The van der Waals surface area contributed by atoms with E-state index in [4.69, 9.17) is 4.74 Å². The summed E-state index contributed by atoms with van der Waals surface area (Å²) in [5.74, 6) is 1.36. The summed E-state index contributed by atoms with van der Waals surface area (Å²) >= 11 is 0. The number of hydrogen-bond acceptors (Lipinski definition) is 6. The van der Waals surface area contributed by atoms with Crippen molar-refractivity contribution in [2.75, 3.05) is 10.6 Å².